The smallest absolute Gasteiger partial charge is 0.244 e. The molecule has 0 aliphatic carbocycles. The third kappa shape index (κ3) is 2.90. The van der Waals surface area contributed by atoms with Crippen molar-refractivity contribution in [2.75, 3.05) is 38.3 Å². The van der Waals surface area contributed by atoms with Gasteiger partial charge >= 0.3 is 0 Å². The van der Waals surface area contributed by atoms with E-state index in [9.17, 15) is 0 Å². The molecular weight excluding hydrogens is 242 g/mol. The molecule has 0 saturated carbocycles. The number of piperidine rings is 1. The van der Waals surface area contributed by atoms with Crippen LogP contribution in [0.25, 0.3) is 0 Å². The average molecular weight is 265 g/mol. The summed E-state index contributed by atoms with van der Waals surface area (Å²) in [6.45, 7) is 3.76. The number of aromatic amines is 1. The number of anilines is 1. The van der Waals surface area contributed by atoms with Crippen molar-refractivity contribution in [1.29, 1.82) is 0 Å². The molecule has 6 nitrogen and oxygen atoms in total. The van der Waals surface area contributed by atoms with Gasteiger partial charge in [0.2, 0.25) is 5.95 Å². The molecule has 2 saturated heterocycles. The van der Waals surface area contributed by atoms with Crippen LogP contribution in [0, 0.1) is 0 Å². The average Bonchev–Trinajstić information content (AvgIpc) is 2.98. The van der Waals surface area contributed by atoms with Crippen molar-refractivity contribution in [1.82, 2.24) is 20.5 Å². The Morgan fingerprint density at radius 1 is 1.21 bits per heavy atom. The normalized spacial score (nSPS) is 22.9. The Hall–Kier alpha value is -1.14. The lowest BCUT2D eigenvalue weighted by atomic mass is 10.00. The molecule has 0 bridgehead atoms. The van der Waals surface area contributed by atoms with Crippen LogP contribution in [0.1, 0.15) is 37.4 Å². The van der Waals surface area contributed by atoms with Crippen LogP contribution < -0.4 is 10.2 Å². The van der Waals surface area contributed by atoms with E-state index in [-0.39, 0.29) is 0 Å². The number of hydrogen-bond donors (Lipinski definition) is 2. The molecule has 6 heteroatoms. The first kappa shape index (κ1) is 12.9. The van der Waals surface area contributed by atoms with Crippen molar-refractivity contribution in [2.24, 2.45) is 0 Å². The summed E-state index contributed by atoms with van der Waals surface area (Å²) in [6, 6.07) is 0.644. The molecule has 2 fully saturated rings. The fourth-order valence-corrected chi connectivity index (χ4v) is 2.93. The van der Waals surface area contributed by atoms with Crippen LogP contribution in [0.3, 0.4) is 0 Å². The van der Waals surface area contributed by atoms with E-state index in [0.29, 0.717) is 12.0 Å². The van der Waals surface area contributed by atoms with E-state index in [0.717, 1.165) is 63.8 Å². The van der Waals surface area contributed by atoms with Gasteiger partial charge in [-0.15, -0.1) is 5.10 Å². The maximum Gasteiger partial charge on any atom is 0.244 e. The molecule has 0 amide bonds. The van der Waals surface area contributed by atoms with Crippen LogP contribution >= 0.6 is 0 Å². The summed E-state index contributed by atoms with van der Waals surface area (Å²) in [6.07, 6.45) is 4.43. The fraction of sp³-hybridized carbons (Fsp3) is 0.846. The van der Waals surface area contributed by atoms with Gasteiger partial charge in [0.25, 0.3) is 0 Å². The summed E-state index contributed by atoms with van der Waals surface area (Å²) < 4.78 is 5.39. The van der Waals surface area contributed by atoms with Crippen LogP contribution in [0.2, 0.25) is 0 Å². The molecule has 3 rings (SSSR count). The Kier molecular flexibility index (Phi) is 3.98. The molecule has 0 unspecified atom stereocenters. The summed E-state index contributed by atoms with van der Waals surface area (Å²) in [5, 5.41) is 10.9. The minimum Gasteiger partial charge on any atom is -0.381 e. The Morgan fingerprint density at radius 3 is 2.63 bits per heavy atom. The van der Waals surface area contributed by atoms with E-state index >= 15 is 0 Å². The lowest BCUT2D eigenvalue weighted by molar-refractivity contribution is 0.0836. The molecule has 1 aromatic rings. The predicted molar refractivity (Wildman–Crippen MR) is 73.5 cm³/mol. The number of H-pyrrole nitrogens is 1. The minimum atomic E-state index is 0.491. The quantitative estimate of drug-likeness (QED) is 0.849. The molecule has 2 aliphatic rings. The van der Waals surface area contributed by atoms with E-state index in [1.54, 1.807) is 0 Å². The molecule has 106 valence electrons. The van der Waals surface area contributed by atoms with Gasteiger partial charge in [0.05, 0.1) is 0 Å². The second-order valence-corrected chi connectivity index (χ2v) is 5.46. The lowest BCUT2D eigenvalue weighted by Gasteiger charge is -2.30. The number of nitrogens with one attached hydrogen (secondary N) is 2. The standard InChI is InChI=1S/C13H23N5O/c1-14-11-2-6-18(7-3-11)13-15-12(16-17-13)10-4-8-19-9-5-10/h10-11,14H,2-9H2,1H3,(H,15,16,17). The molecule has 0 radical (unpaired) electrons. The summed E-state index contributed by atoms with van der Waals surface area (Å²) >= 11 is 0. The van der Waals surface area contributed by atoms with Gasteiger partial charge < -0.3 is 15.0 Å². The van der Waals surface area contributed by atoms with E-state index in [1.165, 1.54) is 0 Å². The van der Waals surface area contributed by atoms with Crippen LogP contribution in [0.15, 0.2) is 0 Å². The second-order valence-electron chi connectivity index (χ2n) is 5.46. The predicted octanol–water partition coefficient (Wildman–Crippen LogP) is 0.887. The van der Waals surface area contributed by atoms with E-state index in [1.807, 2.05) is 7.05 Å². The van der Waals surface area contributed by atoms with Gasteiger partial charge in [0.1, 0.15) is 5.82 Å². The number of rotatable bonds is 3. The highest BCUT2D eigenvalue weighted by Gasteiger charge is 2.23. The number of nitrogens with zero attached hydrogens (tertiary/aromatic N) is 3. The Labute approximate surface area is 113 Å². The first-order valence-corrected chi connectivity index (χ1v) is 7.29. The van der Waals surface area contributed by atoms with Crippen molar-refractivity contribution >= 4 is 5.95 Å². The van der Waals surface area contributed by atoms with Gasteiger partial charge in [-0.1, -0.05) is 0 Å². The van der Waals surface area contributed by atoms with Gasteiger partial charge in [0.15, 0.2) is 0 Å². The zero-order valence-corrected chi connectivity index (χ0v) is 11.6. The number of ether oxygens (including phenoxy) is 1. The second kappa shape index (κ2) is 5.88. The topological polar surface area (TPSA) is 66.1 Å². The van der Waals surface area contributed by atoms with Crippen molar-refractivity contribution in [3.05, 3.63) is 5.82 Å². The van der Waals surface area contributed by atoms with E-state index in [4.69, 9.17) is 9.72 Å². The first-order chi connectivity index (χ1) is 9.36. The Balaban J connectivity index is 1.61. The monoisotopic (exact) mass is 265 g/mol. The van der Waals surface area contributed by atoms with Gasteiger partial charge in [-0.2, -0.15) is 4.98 Å². The maximum atomic E-state index is 5.39. The fourth-order valence-electron chi connectivity index (χ4n) is 2.93. The van der Waals surface area contributed by atoms with Crippen LogP contribution in [0.4, 0.5) is 5.95 Å². The molecule has 3 heterocycles. The highest BCUT2D eigenvalue weighted by molar-refractivity contribution is 5.30. The lowest BCUT2D eigenvalue weighted by Crippen LogP contribution is -2.41. The summed E-state index contributed by atoms with van der Waals surface area (Å²) in [5.74, 6) is 2.40. The molecule has 19 heavy (non-hydrogen) atoms. The molecule has 2 N–H and O–H groups in total. The third-order valence-corrected chi connectivity index (χ3v) is 4.28. The summed E-state index contributed by atoms with van der Waals surface area (Å²) in [5.41, 5.74) is 0. The largest absolute Gasteiger partial charge is 0.381 e. The molecule has 2 aliphatic heterocycles. The molecular formula is C13H23N5O. The maximum absolute atomic E-state index is 5.39. The van der Waals surface area contributed by atoms with Crippen LogP contribution in [-0.4, -0.2) is 54.6 Å². The highest BCUT2D eigenvalue weighted by atomic mass is 16.5. The van der Waals surface area contributed by atoms with Gasteiger partial charge in [0, 0.05) is 38.3 Å². The van der Waals surface area contributed by atoms with Gasteiger partial charge in [-0.05, 0) is 32.7 Å². The number of aromatic nitrogens is 3. The van der Waals surface area contributed by atoms with Crippen LogP contribution in [-0.2, 0) is 4.74 Å². The molecule has 1 aromatic heterocycles. The Morgan fingerprint density at radius 2 is 1.95 bits per heavy atom. The SMILES string of the molecule is CNC1CCN(c2n[nH]c(C3CCOCC3)n2)CC1. The van der Waals surface area contributed by atoms with Crippen molar-refractivity contribution in [2.45, 2.75) is 37.6 Å². The zero-order chi connectivity index (χ0) is 13.1. The van der Waals surface area contributed by atoms with Crippen LogP contribution in [0.5, 0.6) is 0 Å². The third-order valence-electron chi connectivity index (χ3n) is 4.28. The Bertz CT molecular complexity index is 393. The molecule has 0 atom stereocenters. The van der Waals surface area contributed by atoms with Crippen molar-refractivity contribution < 1.29 is 4.74 Å². The van der Waals surface area contributed by atoms with Gasteiger partial charge in [-0.3, -0.25) is 5.10 Å². The van der Waals surface area contributed by atoms with E-state index in [2.05, 4.69) is 20.4 Å². The van der Waals surface area contributed by atoms with Crippen molar-refractivity contribution in [3.63, 3.8) is 0 Å². The summed E-state index contributed by atoms with van der Waals surface area (Å²) in [4.78, 5) is 6.98. The van der Waals surface area contributed by atoms with E-state index < -0.39 is 0 Å². The zero-order valence-electron chi connectivity index (χ0n) is 11.6. The minimum absolute atomic E-state index is 0.491. The van der Waals surface area contributed by atoms with Crippen molar-refractivity contribution in [3.8, 4) is 0 Å². The number of hydrogen-bond acceptors (Lipinski definition) is 5. The summed E-state index contributed by atoms with van der Waals surface area (Å²) in [7, 11) is 2.04. The molecule has 0 spiro atoms. The van der Waals surface area contributed by atoms with Gasteiger partial charge in [-0.25, -0.2) is 0 Å². The molecule has 0 aromatic carbocycles. The highest BCUT2D eigenvalue weighted by Crippen LogP contribution is 2.25. The first-order valence-electron chi connectivity index (χ1n) is 7.29.